The molecule has 0 atom stereocenters. The van der Waals surface area contributed by atoms with Crippen molar-refractivity contribution in [1.29, 1.82) is 0 Å². The van der Waals surface area contributed by atoms with Crippen molar-refractivity contribution >= 4 is 28.1 Å². The number of benzene rings is 2. The minimum absolute atomic E-state index is 0. The Hall–Kier alpha value is -1.96. The first-order valence-corrected chi connectivity index (χ1v) is 8.50. The van der Waals surface area contributed by atoms with Crippen molar-refractivity contribution in [3.63, 3.8) is 0 Å². The van der Waals surface area contributed by atoms with Crippen LogP contribution in [-0.2, 0) is 16.4 Å². The average molecular weight is 373 g/mol. The molecule has 0 aliphatic carbocycles. The first-order chi connectivity index (χ1) is 11.0. The summed E-state index contributed by atoms with van der Waals surface area (Å²) in [7, 11) is -0.648. The van der Waals surface area contributed by atoms with Crippen LogP contribution in [0.2, 0.25) is 0 Å². The molecule has 24 heavy (non-hydrogen) atoms. The van der Waals surface area contributed by atoms with Crippen molar-refractivity contribution in [3.8, 4) is 11.5 Å². The first kappa shape index (κ1) is 20.1. The van der Waals surface area contributed by atoms with Gasteiger partial charge in [-0.15, -0.1) is 12.4 Å². The van der Waals surface area contributed by atoms with Gasteiger partial charge in [-0.2, -0.15) is 0 Å². The summed E-state index contributed by atoms with van der Waals surface area (Å²) >= 11 is 0. The summed E-state index contributed by atoms with van der Waals surface area (Å²) < 4.78 is 37.4. The maximum absolute atomic E-state index is 12.3. The highest BCUT2D eigenvalue weighted by Gasteiger charge is 2.16. The van der Waals surface area contributed by atoms with Gasteiger partial charge in [-0.25, -0.2) is 13.1 Å². The zero-order valence-electron chi connectivity index (χ0n) is 13.5. The Balaban J connectivity index is 0.00000288. The molecule has 2 aromatic rings. The van der Waals surface area contributed by atoms with E-state index in [1.807, 2.05) is 12.1 Å². The fourth-order valence-corrected chi connectivity index (χ4v) is 3.13. The number of halogens is 1. The fourth-order valence-electron chi connectivity index (χ4n) is 2.08. The minimum Gasteiger partial charge on any atom is -0.493 e. The second kappa shape index (κ2) is 8.77. The highest BCUT2D eigenvalue weighted by molar-refractivity contribution is 7.89. The molecule has 0 saturated heterocycles. The van der Waals surface area contributed by atoms with E-state index in [0.29, 0.717) is 30.2 Å². The van der Waals surface area contributed by atoms with Crippen LogP contribution in [0.15, 0.2) is 47.4 Å². The predicted molar refractivity (Wildman–Crippen MR) is 96.5 cm³/mol. The van der Waals surface area contributed by atoms with Crippen molar-refractivity contribution in [3.05, 3.63) is 48.0 Å². The summed E-state index contributed by atoms with van der Waals surface area (Å²) in [6.07, 6.45) is 0.576. The standard InChI is InChI=1S/C16H20N2O4S.ClH/c1-21-15-8-7-14(11-16(15)22-2)23(19,20)18-10-9-12-3-5-13(17)6-4-12;/h3-8,11,18H,9-10,17H2,1-2H3;1H. The van der Waals surface area contributed by atoms with Crippen molar-refractivity contribution < 1.29 is 17.9 Å². The SMILES string of the molecule is COc1ccc(S(=O)(=O)NCCc2ccc(N)cc2)cc1OC.Cl. The molecule has 6 nitrogen and oxygen atoms in total. The molecule has 0 saturated carbocycles. The zero-order valence-corrected chi connectivity index (χ0v) is 15.1. The van der Waals surface area contributed by atoms with Crippen LogP contribution in [0.5, 0.6) is 11.5 Å². The molecule has 3 N–H and O–H groups in total. The fraction of sp³-hybridized carbons (Fsp3) is 0.250. The third-order valence-electron chi connectivity index (χ3n) is 3.35. The van der Waals surface area contributed by atoms with Crippen LogP contribution in [-0.4, -0.2) is 29.2 Å². The lowest BCUT2D eigenvalue weighted by Gasteiger charge is -2.11. The minimum atomic E-state index is -3.61. The summed E-state index contributed by atoms with van der Waals surface area (Å²) in [5.41, 5.74) is 7.31. The van der Waals surface area contributed by atoms with E-state index in [2.05, 4.69) is 4.72 Å². The van der Waals surface area contributed by atoms with Gasteiger partial charge in [0.25, 0.3) is 0 Å². The lowest BCUT2D eigenvalue weighted by atomic mass is 10.1. The quantitative estimate of drug-likeness (QED) is 0.727. The van der Waals surface area contributed by atoms with Gasteiger partial charge in [-0.05, 0) is 36.2 Å². The van der Waals surface area contributed by atoms with Gasteiger partial charge in [-0.3, -0.25) is 0 Å². The van der Waals surface area contributed by atoms with Crippen molar-refractivity contribution in [2.45, 2.75) is 11.3 Å². The monoisotopic (exact) mass is 372 g/mol. The summed E-state index contributed by atoms with van der Waals surface area (Å²) in [4.78, 5) is 0.132. The molecule has 132 valence electrons. The Bertz CT molecular complexity index is 764. The number of nitrogens with one attached hydrogen (secondary N) is 1. The first-order valence-electron chi connectivity index (χ1n) is 7.02. The largest absolute Gasteiger partial charge is 0.493 e. The molecule has 0 fully saturated rings. The summed E-state index contributed by atoms with van der Waals surface area (Å²) in [5, 5.41) is 0. The van der Waals surface area contributed by atoms with Crippen LogP contribution in [0.25, 0.3) is 0 Å². The molecule has 0 heterocycles. The highest BCUT2D eigenvalue weighted by Crippen LogP contribution is 2.29. The topological polar surface area (TPSA) is 90.7 Å². The van der Waals surface area contributed by atoms with Gasteiger partial charge in [0, 0.05) is 18.3 Å². The number of ether oxygens (including phenoxy) is 2. The highest BCUT2D eigenvalue weighted by atomic mass is 35.5. The summed E-state index contributed by atoms with van der Waals surface area (Å²) in [5.74, 6) is 0.849. The molecular formula is C16H21ClN2O4S. The van der Waals surface area contributed by atoms with E-state index in [-0.39, 0.29) is 17.3 Å². The third kappa shape index (κ3) is 5.02. The van der Waals surface area contributed by atoms with Gasteiger partial charge in [0.05, 0.1) is 19.1 Å². The molecule has 0 radical (unpaired) electrons. The number of nitrogen functional groups attached to an aromatic ring is 1. The molecule has 2 rings (SSSR count). The summed E-state index contributed by atoms with van der Waals surface area (Å²) in [6, 6.07) is 11.8. The molecule has 0 spiro atoms. The van der Waals surface area contributed by atoms with Gasteiger partial charge in [0.2, 0.25) is 10.0 Å². The van der Waals surface area contributed by atoms with E-state index in [1.54, 1.807) is 18.2 Å². The molecule has 0 aliphatic rings. The van der Waals surface area contributed by atoms with Crippen molar-refractivity contribution in [1.82, 2.24) is 4.72 Å². The van der Waals surface area contributed by atoms with Crippen LogP contribution >= 0.6 is 12.4 Å². The molecule has 2 aromatic carbocycles. The van der Waals surface area contributed by atoms with Crippen molar-refractivity contribution in [2.75, 3.05) is 26.5 Å². The lowest BCUT2D eigenvalue weighted by Crippen LogP contribution is -2.26. The van der Waals surface area contributed by atoms with E-state index in [4.69, 9.17) is 15.2 Å². The molecule has 0 amide bonds. The van der Waals surface area contributed by atoms with Gasteiger partial charge >= 0.3 is 0 Å². The number of sulfonamides is 1. The number of hydrogen-bond donors (Lipinski definition) is 2. The maximum atomic E-state index is 12.3. The zero-order chi connectivity index (χ0) is 16.9. The van der Waals surface area contributed by atoms with Crippen molar-refractivity contribution in [2.24, 2.45) is 0 Å². The van der Waals surface area contributed by atoms with Crippen LogP contribution in [0.4, 0.5) is 5.69 Å². The van der Waals surface area contributed by atoms with Gasteiger partial charge in [0.15, 0.2) is 11.5 Å². The number of methoxy groups -OCH3 is 2. The van der Waals surface area contributed by atoms with Crippen LogP contribution in [0.3, 0.4) is 0 Å². The normalized spacial score (nSPS) is 10.8. The molecule has 0 bridgehead atoms. The Kier molecular flexibility index (Phi) is 7.34. The number of anilines is 1. The average Bonchev–Trinajstić information content (AvgIpc) is 2.55. The van der Waals surface area contributed by atoms with E-state index in [9.17, 15) is 8.42 Å². The second-order valence-electron chi connectivity index (χ2n) is 4.91. The Morgan fingerprint density at radius 1 is 1.00 bits per heavy atom. The van der Waals surface area contributed by atoms with E-state index >= 15 is 0 Å². The second-order valence-corrected chi connectivity index (χ2v) is 6.67. The molecular weight excluding hydrogens is 352 g/mol. The van der Waals surface area contributed by atoms with Gasteiger partial charge in [0.1, 0.15) is 0 Å². The molecule has 0 unspecified atom stereocenters. The molecule has 0 aliphatic heterocycles. The third-order valence-corrected chi connectivity index (χ3v) is 4.81. The van der Waals surface area contributed by atoms with Gasteiger partial charge < -0.3 is 15.2 Å². The van der Waals surface area contributed by atoms with E-state index in [0.717, 1.165) is 5.56 Å². The molecule has 8 heteroatoms. The summed E-state index contributed by atoms with van der Waals surface area (Å²) in [6.45, 7) is 0.292. The number of nitrogens with two attached hydrogens (primary N) is 1. The van der Waals surface area contributed by atoms with Crippen LogP contribution in [0.1, 0.15) is 5.56 Å². The predicted octanol–water partition coefficient (Wildman–Crippen LogP) is 2.23. The van der Waals surface area contributed by atoms with E-state index < -0.39 is 10.0 Å². The molecule has 0 aromatic heterocycles. The smallest absolute Gasteiger partial charge is 0.240 e. The van der Waals surface area contributed by atoms with Gasteiger partial charge in [-0.1, -0.05) is 12.1 Å². The Morgan fingerprint density at radius 2 is 1.62 bits per heavy atom. The van der Waals surface area contributed by atoms with Crippen LogP contribution in [0, 0.1) is 0 Å². The van der Waals surface area contributed by atoms with E-state index in [1.165, 1.54) is 26.4 Å². The Labute approximate surface area is 148 Å². The lowest BCUT2D eigenvalue weighted by molar-refractivity contribution is 0.354. The maximum Gasteiger partial charge on any atom is 0.240 e. The number of rotatable bonds is 7. The Morgan fingerprint density at radius 3 is 2.21 bits per heavy atom. The van der Waals surface area contributed by atoms with Crippen LogP contribution < -0.4 is 19.9 Å². The number of hydrogen-bond acceptors (Lipinski definition) is 5.